The quantitative estimate of drug-likeness (QED) is 0.294. The molecule has 4 aliphatic rings. The molecule has 4 atom stereocenters. The molecular weight excluding hydrogens is 404 g/mol. The third-order valence-corrected chi connectivity index (χ3v) is 6.56. The fraction of sp³-hybridized carbons (Fsp3) is 0.381. The van der Waals surface area contributed by atoms with Crippen LogP contribution in [-0.4, -0.2) is 65.7 Å². The van der Waals surface area contributed by atoms with Gasteiger partial charge in [0.15, 0.2) is 5.72 Å². The zero-order chi connectivity index (χ0) is 22.1. The molecule has 0 saturated carbocycles. The summed E-state index contributed by atoms with van der Waals surface area (Å²) >= 11 is 0. The van der Waals surface area contributed by atoms with Crippen molar-refractivity contribution in [2.45, 2.75) is 24.7 Å². The number of aromatic hydroxyl groups is 1. The Morgan fingerprint density at radius 1 is 1.32 bits per heavy atom. The van der Waals surface area contributed by atoms with Crippen molar-refractivity contribution in [3.8, 4) is 5.75 Å². The topological polar surface area (TPSA) is 153 Å². The van der Waals surface area contributed by atoms with Gasteiger partial charge >= 0.3 is 6.09 Å². The van der Waals surface area contributed by atoms with Crippen LogP contribution >= 0.6 is 0 Å². The van der Waals surface area contributed by atoms with Crippen molar-refractivity contribution in [2.24, 2.45) is 11.7 Å². The SMILES string of the molecule is COC12C(COC(N)=O)C3=C(C(=O)C(C)=C(Nc4ccc(O)cc4)C3=O)N1CC1NC12. The molecule has 0 spiro atoms. The van der Waals surface area contributed by atoms with Crippen molar-refractivity contribution in [3.05, 3.63) is 46.8 Å². The summed E-state index contributed by atoms with van der Waals surface area (Å²) in [5.41, 5.74) is 5.71. The van der Waals surface area contributed by atoms with Gasteiger partial charge in [-0.15, -0.1) is 0 Å². The minimum Gasteiger partial charge on any atom is -0.508 e. The lowest BCUT2D eigenvalue weighted by molar-refractivity contribution is -0.137. The fourth-order valence-electron chi connectivity index (χ4n) is 5.13. The number of piperazine rings is 1. The highest BCUT2D eigenvalue weighted by atomic mass is 16.6. The van der Waals surface area contributed by atoms with Gasteiger partial charge in [0, 0.05) is 36.5 Å². The standard InChI is InChI=1S/C21H22N4O6/c1-9-15(23-10-3-5-11(26)6-4-10)18(28)14-12(8-31-20(22)29)21(30-2)19-13(24-19)7-25(21)16(14)17(9)27/h3-6,12-13,19,23-24,26H,7-8H2,1-2H3,(H2,22,29). The molecule has 2 fully saturated rings. The average molecular weight is 426 g/mol. The third-order valence-electron chi connectivity index (χ3n) is 6.56. The van der Waals surface area contributed by atoms with Crippen molar-refractivity contribution in [1.82, 2.24) is 10.2 Å². The Labute approximate surface area is 177 Å². The molecule has 0 radical (unpaired) electrons. The van der Waals surface area contributed by atoms with Crippen LogP contribution in [-0.2, 0) is 19.1 Å². The summed E-state index contributed by atoms with van der Waals surface area (Å²) in [6.07, 6.45) is -0.964. The molecular formula is C21H22N4O6. The lowest BCUT2D eigenvalue weighted by Crippen LogP contribution is -2.55. The summed E-state index contributed by atoms with van der Waals surface area (Å²) in [5.74, 6) is -1.24. The number of ketones is 2. The molecule has 1 aliphatic carbocycles. The Morgan fingerprint density at radius 3 is 2.68 bits per heavy atom. The summed E-state index contributed by atoms with van der Waals surface area (Å²) < 4.78 is 11.0. The number of nitrogens with two attached hydrogens (primary N) is 1. The van der Waals surface area contributed by atoms with E-state index in [1.807, 2.05) is 4.90 Å². The number of hydrogen-bond acceptors (Lipinski definition) is 9. The van der Waals surface area contributed by atoms with Gasteiger partial charge < -0.3 is 35.8 Å². The second-order valence-electron chi connectivity index (χ2n) is 8.09. The van der Waals surface area contributed by atoms with Gasteiger partial charge in [-0.2, -0.15) is 0 Å². The van der Waals surface area contributed by atoms with Crippen molar-refractivity contribution >= 4 is 23.3 Å². The van der Waals surface area contributed by atoms with Gasteiger partial charge in [-0.25, -0.2) is 4.79 Å². The molecule has 0 aromatic heterocycles. The van der Waals surface area contributed by atoms with E-state index in [1.54, 1.807) is 19.1 Å². The summed E-state index contributed by atoms with van der Waals surface area (Å²) in [6, 6.07) is 6.20. The maximum Gasteiger partial charge on any atom is 0.404 e. The molecule has 3 aliphatic heterocycles. The van der Waals surface area contributed by atoms with Gasteiger partial charge in [-0.3, -0.25) is 9.59 Å². The van der Waals surface area contributed by atoms with E-state index in [9.17, 15) is 19.5 Å². The molecule has 31 heavy (non-hydrogen) atoms. The highest BCUT2D eigenvalue weighted by Gasteiger charge is 2.72. The number of nitrogens with zero attached hydrogens (tertiary/aromatic N) is 1. The van der Waals surface area contributed by atoms with Gasteiger partial charge in [0.2, 0.25) is 11.6 Å². The van der Waals surface area contributed by atoms with Crippen LogP contribution in [0.5, 0.6) is 5.75 Å². The maximum atomic E-state index is 13.6. The number of benzene rings is 1. The van der Waals surface area contributed by atoms with Gasteiger partial charge in [0.25, 0.3) is 0 Å². The number of Topliss-reactive ketones (excluding diaryl/α,β-unsaturated/α-hetero) is 2. The number of carbonyl (C=O) groups excluding carboxylic acids is 3. The minimum atomic E-state index is -1.01. The van der Waals surface area contributed by atoms with E-state index < -0.39 is 17.7 Å². The predicted molar refractivity (Wildman–Crippen MR) is 108 cm³/mol. The van der Waals surface area contributed by atoms with Gasteiger partial charge in [-0.05, 0) is 31.2 Å². The van der Waals surface area contributed by atoms with Crippen LogP contribution in [0.1, 0.15) is 6.92 Å². The fourth-order valence-corrected chi connectivity index (χ4v) is 5.13. The van der Waals surface area contributed by atoms with Crippen molar-refractivity contribution in [2.75, 3.05) is 25.6 Å². The number of carbonyl (C=O) groups is 3. The van der Waals surface area contributed by atoms with Crippen molar-refractivity contribution in [3.63, 3.8) is 0 Å². The first-order chi connectivity index (χ1) is 14.8. The number of ether oxygens (including phenoxy) is 2. The smallest absolute Gasteiger partial charge is 0.404 e. The Balaban J connectivity index is 1.56. The van der Waals surface area contributed by atoms with E-state index in [-0.39, 0.29) is 52.8 Å². The molecule has 5 N–H and O–H groups in total. The number of hydrogen-bond donors (Lipinski definition) is 4. The number of anilines is 1. The van der Waals surface area contributed by atoms with E-state index in [2.05, 4.69) is 10.6 Å². The molecule has 2 saturated heterocycles. The van der Waals surface area contributed by atoms with Crippen LogP contribution in [0.15, 0.2) is 46.8 Å². The van der Waals surface area contributed by atoms with Crippen molar-refractivity contribution < 1.29 is 29.0 Å². The molecule has 1 aromatic carbocycles. The van der Waals surface area contributed by atoms with E-state index in [0.717, 1.165) is 0 Å². The highest BCUT2D eigenvalue weighted by Crippen LogP contribution is 2.55. The second kappa shape index (κ2) is 6.56. The van der Waals surface area contributed by atoms with Crippen LogP contribution in [0.25, 0.3) is 0 Å². The van der Waals surface area contributed by atoms with Gasteiger partial charge in [-0.1, -0.05) is 0 Å². The van der Waals surface area contributed by atoms with Crippen LogP contribution in [0, 0.1) is 5.92 Å². The number of fused-ring (bicyclic) bond motifs is 4. The Hall–Kier alpha value is -3.37. The molecule has 10 heteroatoms. The van der Waals surface area contributed by atoms with E-state index in [4.69, 9.17) is 15.2 Å². The van der Waals surface area contributed by atoms with Gasteiger partial charge in [0.1, 0.15) is 12.4 Å². The third kappa shape index (κ3) is 2.61. The number of rotatable bonds is 5. The summed E-state index contributed by atoms with van der Waals surface area (Å²) in [4.78, 5) is 40.2. The Morgan fingerprint density at radius 2 is 2.03 bits per heavy atom. The van der Waals surface area contributed by atoms with Crippen LogP contribution in [0.3, 0.4) is 0 Å². The predicted octanol–water partition coefficient (Wildman–Crippen LogP) is 0.208. The molecule has 3 heterocycles. The molecule has 0 bridgehead atoms. The number of methoxy groups -OCH3 is 1. The number of phenolic OH excluding ortho intramolecular Hbond substituents is 1. The van der Waals surface area contributed by atoms with Crippen LogP contribution in [0.4, 0.5) is 10.5 Å². The molecule has 5 rings (SSSR count). The van der Waals surface area contributed by atoms with Gasteiger partial charge in [0.05, 0.1) is 23.4 Å². The monoisotopic (exact) mass is 426 g/mol. The summed E-state index contributed by atoms with van der Waals surface area (Å²) in [7, 11) is 1.52. The Kier molecular flexibility index (Phi) is 4.15. The van der Waals surface area contributed by atoms with Crippen LogP contribution < -0.4 is 16.4 Å². The van der Waals surface area contributed by atoms with E-state index in [1.165, 1.54) is 19.2 Å². The molecule has 1 aromatic rings. The Bertz CT molecular complexity index is 1080. The second-order valence-corrected chi connectivity index (χ2v) is 8.09. The molecule has 4 unspecified atom stereocenters. The van der Waals surface area contributed by atoms with E-state index in [0.29, 0.717) is 17.9 Å². The number of nitrogens with one attached hydrogen (secondary N) is 2. The lowest BCUT2D eigenvalue weighted by Gasteiger charge is -2.39. The first kappa shape index (κ1) is 19.6. The number of allylic oxidation sites excluding steroid dienone is 2. The lowest BCUT2D eigenvalue weighted by atomic mass is 9.82. The number of primary amides is 1. The van der Waals surface area contributed by atoms with Crippen LogP contribution in [0.2, 0.25) is 0 Å². The summed E-state index contributed by atoms with van der Waals surface area (Å²) in [5, 5.41) is 15.8. The first-order valence-electron chi connectivity index (χ1n) is 9.91. The molecule has 1 amide bonds. The number of phenols is 1. The minimum absolute atomic E-state index is 0.0842. The molecule has 10 nitrogen and oxygen atoms in total. The van der Waals surface area contributed by atoms with Crippen molar-refractivity contribution in [1.29, 1.82) is 0 Å². The summed E-state index contributed by atoms with van der Waals surface area (Å²) in [6.45, 7) is 1.93. The normalized spacial score (nSPS) is 30.9. The van der Waals surface area contributed by atoms with E-state index >= 15 is 0 Å². The zero-order valence-corrected chi connectivity index (χ0v) is 17.0. The first-order valence-corrected chi connectivity index (χ1v) is 9.91. The maximum absolute atomic E-state index is 13.6. The number of amides is 1. The highest BCUT2D eigenvalue weighted by molar-refractivity contribution is 6.26. The largest absolute Gasteiger partial charge is 0.508 e. The average Bonchev–Trinajstić information content (AvgIpc) is 3.35. The molecule has 162 valence electrons. The zero-order valence-electron chi connectivity index (χ0n) is 17.0.